The molecule has 3 atom stereocenters. The van der Waals surface area contributed by atoms with Gasteiger partial charge in [0.25, 0.3) is 0 Å². The van der Waals surface area contributed by atoms with Crippen LogP contribution in [0.15, 0.2) is 23.2 Å². The van der Waals surface area contributed by atoms with Crippen molar-refractivity contribution < 1.29 is 34.0 Å². The number of aliphatic imine (C=N–C) groups is 1. The molecule has 9 heteroatoms. The van der Waals surface area contributed by atoms with Crippen molar-refractivity contribution in [2.75, 3.05) is 47.2 Å². The molecule has 1 aromatic rings. The number of benzene rings is 1. The van der Waals surface area contributed by atoms with Gasteiger partial charge in [0.15, 0.2) is 0 Å². The smallest absolute Gasteiger partial charge is 0.320 e. The summed E-state index contributed by atoms with van der Waals surface area (Å²) < 4.78 is 21.5. The molecule has 9 nitrogen and oxygen atoms in total. The number of carboxylic acid groups (broad SMARTS) is 1. The van der Waals surface area contributed by atoms with Gasteiger partial charge < -0.3 is 29.2 Å². The molecule has 1 aromatic carbocycles. The van der Waals surface area contributed by atoms with E-state index in [0.29, 0.717) is 56.7 Å². The SMILES string of the molecule is COCCOCCOc1ccc(C2=NC(C3CCC(C(=O)O)N3C)CO2)c(O)c1. The molecule has 2 aliphatic heterocycles. The fraction of sp³-hybridized carbons (Fsp3) is 0.600. The van der Waals surface area contributed by atoms with Gasteiger partial charge in [0.2, 0.25) is 5.90 Å². The number of aromatic hydroxyl groups is 1. The first kappa shape index (κ1) is 21.4. The van der Waals surface area contributed by atoms with E-state index < -0.39 is 12.0 Å². The van der Waals surface area contributed by atoms with Crippen LogP contribution in [0.25, 0.3) is 0 Å². The minimum absolute atomic E-state index is 0.0106. The number of carboxylic acids is 1. The van der Waals surface area contributed by atoms with Crippen molar-refractivity contribution in [3.05, 3.63) is 23.8 Å². The number of likely N-dealkylation sites (N-methyl/N-ethyl adjacent to an activating group) is 1. The molecule has 0 bridgehead atoms. The number of carbonyl (C=O) groups is 1. The molecule has 3 rings (SSSR count). The zero-order chi connectivity index (χ0) is 20.8. The first-order valence-corrected chi connectivity index (χ1v) is 9.69. The molecule has 3 unspecified atom stereocenters. The number of phenolic OH excluding ortho intramolecular Hbond substituents is 1. The van der Waals surface area contributed by atoms with Gasteiger partial charge in [-0.3, -0.25) is 9.69 Å². The second-order valence-corrected chi connectivity index (χ2v) is 7.11. The second-order valence-electron chi connectivity index (χ2n) is 7.11. The van der Waals surface area contributed by atoms with Crippen LogP contribution in [0.2, 0.25) is 0 Å². The summed E-state index contributed by atoms with van der Waals surface area (Å²) in [6.45, 7) is 2.20. The number of hydrogen-bond donors (Lipinski definition) is 2. The van der Waals surface area contributed by atoms with Crippen molar-refractivity contribution in [3.8, 4) is 11.5 Å². The van der Waals surface area contributed by atoms with Crippen molar-refractivity contribution in [2.45, 2.75) is 31.0 Å². The summed E-state index contributed by atoms with van der Waals surface area (Å²) in [5.74, 6) is 0.103. The largest absolute Gasteiger partial charge is 0.507 e. The minimum Gasteiger partial charge on any atom is -0.507 e. The van der Waals surface area contributed by atoms with Gasteiger partial charge in [0.1, 0.15) is 36.8 Å². The van der Waals surface area contributed by atoms with E-state index in [0.717, 1.165) is 6.42 Å². The summed E-state index contributed by atoms with van der Waals surface area (Å²) in [6.07, 6.45) is 1.35. The number of rotatable bonds is 10. The van der Waals surface area contributed by atoms with Crippen LogP contribution in [-0.4, -0.2) is 92.3 Å². The molecule has 0 aliphatic carbocycles. The van der Waals surface area contributed by atoms with E-state index in [1.807, 2.05) is 11.9 Å². The molecule has 0 radical (unpaired) electrons. The third-order valence-electron chi connectivity index (χ3n) is 5.28. The van der Waals surface area contributed by atoms with Crippen LogP contribution in [-0.2, 0) is 19.0 Å². The van der Waals surface area contributed by atoms with E-state index in [2.05, 4.69) is 4.99 Å². The number of aliphatic carboxylic acids is 1. The highest BCUT2D eigenvalue weighted by Crippen LogP contribution is 2.31. The zero-order valence-corrected chi connectivity index (χ0v) is 16.7. The summed E-state index contributed by atoms with van der Waals surface area (Å²) in [4.78, 5) is 17.8. The second kappa shape index (κ2) is 9.91. The first-order valence-electron chi connectivity index (χ1n) is 9.69. The highest BCUT2D eigenvalue weighted by atomic mass is 16.5. The van der Waals surface area contributed by atoms with Gasteiger partial charge in [-0.05, 0) is 32.0 Å². The summed E-state index contributed by atoms with van der Waals surface area (Å²) >= 11 is 0. The number of nitrogens with zero attached hydrogens (tertiary/aromatic N) is 2. The number of phenols is 1. The summed E-state index contributed by atoms with van der Waals surface area (Å²) in [5.41, 5.74) is 0.492. The van der Waals surface area contributed by atoms with E-state index in [-0.39, 0.29) is 17.8 Å². The molecule has 2 aliphatic rings. The average Bonchev–Trinajstić information content (AvgIpc) is 3.31. The third-order valence-corrected chi connectivity index (χ3v) is 5.28. The maximum Gasteiger partial charge on any atom is 0.320 e. The van der Waals surface area contributed by atoms with E-state index in [4.69, 9.17) is 18.9 Å². The molecule has 0 spiro atoms. The molecular weight excluding hydrogens is 380 g/mol. The summed E-state index contributed by atoms with van der Waals surface area (Å²) in [5, 5.41) is 19.7. The summed E-state index contributed by atoms with van der Waals surface area (Å²) in [7, 11) is 3.43. The lowest BCUT2D eigenvalue weighted by atomic mass is 10.1. The Hall–Kier alpha value is -2.36. The molecule has 1 saturated heterocycles. The van der Waals surface area contributed by atoms with Crippen LogP contribution in [0, 0.1) is 0 Å². The van der Waals surface area contributed by atoms with Crippen LogP contribution in [0.3, 0.4) is 0 Å². The van der Waals surface area contributed by atoms with Crippen LogP contribution < -0.4 is 4.74 Å². The van der Waals surface area contributed by atoms with Crippen LogP contribution >= 0.6 is 0 Å². The fourth-order valence-electron chi connectivity index (χ4n) is 3.71. The highest BCUT2D eigenvalue weighted by Gasteiger charge is 2.41. The number of methoxy groups -OCH3 is 1. The molecule has 0 saturated carbocycles. The predicted octanol–water partition coefficient (Wildman–Crippen LogP) is 1.13. The maximum absolute atomic E-state index is 11.3. The first-order chi connectivity index (χ1) is 14.0. The van der Waals surface area contributed by atoms with Crippen LogP contribution in [0.5, 0.6) is 11.5 Å². The third kappa shape index (κ3) is 5.17. The molecule has 0 aromatic heterocycles. The molecular formula is C20H28N2O7. The van der Waals surface area contributed by atoms with Crippen molar-refractivity contribution in [1.29, 1.82) is 0 Å². The Balaban J connectivity index is 1.57. The average molecular weight is 408 g/mol. The lowest BCUT2D eigenvalue weighted by molar-refractivity contribution is -0.142. The molecule has 160 valence electrons. The van der Waals surface area contributed by atoms with Gasteiger partial charge in [-0.15, -0.1) is 0 Å². The number of hydrogen-bond acceptors (Lipinski definition) is 8. The van der Waals surface area contributed by atoms with Gasteiger partial charge in [-0.25, -0.2) is 4.99 Å². The Morgan fingerprint density at radius 1 is 1.28 bits per heavy atom. The van der Waals surface area contributed by atoms with Crippen molar-refractivity contribution in [1.82, 2.24) is 4.90 Å². The van der Waals surface area contributed by atoms with E-state index in [9.17, 15) is 15.0 Å². The Labute approximate surface area is 169 Å². The van der Waals surface area contributed by atoms with E-state index in [1.54, 1.807) is 19.2 Å². The Morgan fingerprint density at radius 3 is 2.76 bits per heavy atom. The fourth-order valence-corrected chi connectivity index (χ4v) is 3.71. The van der Waals surface area contributed by atoms with Crippen LogP contribution in [0.4, 0.5) is 0 Å². The monoisotopic (exact) mass is 408 g/mol. The molecule has 1 fully saturated rings. The molecule has 0 amide bonds. The lowest BCUT2D eigenvalue weighted by Gasteiger charge is -2.25. The van der Waals surface area contributed by atoms with Gasteiger partial charge >= 0.3 is 5.97 Å². The van der Waals surface area contributed by atoms with Crippen molar-refractivity contribution >= 4 is 11.9 Å². The van der Waals surface area contributed by atoms with Gasteiger partial charge in [0.05, 0.1) is 25.4 Å². The van der Waals surface area contributed by atoms with Crippen molar-refractivity contribution in [3.63, 3.8) is 0 Å². The minimum atomic E-state index is -0.810. The van der Waals surface area contributed by atoms with Gasteiger partial charge in [-0.1, -0.05) is 0 Å². The van der Waals surface area contributed by atoms with Crippen molar-refractivity contribution in [2.24, 2.45) is 4.99 Å². The standard InChI is InChI=1S/C20H28N2O7/c1-22-16(5-6-17(22)20(24)25)15-12-29-19(21-15)14-4-3-13(11-18(14)23)28-10-9-27-8-7-26-2/h3-4,11,15-17,23H,5-10,12H2,1-2H3,(H,24,25). The number of likely N-dealkylation sites (tertiary alicyclic amines) is 1. The maximum atomic E-state index is 11.3. The van der Waals surface area contributed by atoms with Gasteiger partial charge in [-0.2, -0.15) is 0 Å². The summed E-state index contributed by atoms with van der Waals surface area (Å²) in [6, 6.07) is 4.34. The van der Waals surface area contributed by atoms with E-state index >= 15 is 0 Å². The predicted molar refractivity (Wildman–Crippen MR) is 105 cm³/mol. The quantitative estimate of drug-likeness (QED) is 0.555. The number of ether oxygens (including phenoxy) is 4. The Kier molecular flexibility index (Phi) is 7.29. The van der Waals surface area contributed by atoms with E-state index in [1.165, 1.54) is 6.07 Å². The molecule has 29 heavy (non-hydrogen) atoms. The normalized spacial score (nSPS) is 24.3. The Morgan fingerprint density at radius 2 is 2.07 bits per heavy atom. The Bertz CT molecular complexity index is 740. The molecule has 2 heterocycles. The molecule has 2 N–H and O–H groups in total. The lowest BCUT2D eigenvalue weighted by Crippen LogP contribution is -2.43. The topological polar surface area (TPSA) is 110 Å². The van der Waals surface area contributed by atoms with Gasteiger partial charge in [0, 0.05) is 19.2 Å². The highest BCUT2D eigenvalue weighted by molar-refractivity contribution is 5.98. The van der Waals surface area contributed by atoms with Crippen LogP contribution in [0.1, 0.15) is 18.4 Å². The zero-order valence-electron chi connectivity index (χ0n) is 16.7.